The molecule has 18 heavy (non-hydrogen) atoms. The number of benzene rings is 1. The number of rotatable bonds is 4. The van der Waals surface area contributed by atoms with Crippen LogP contribution in [0.4, 0.5) is 0 Å². The van der Waals surface area contributed by atoms with E-state index in [-0.39, 0.29) is 6.61 Å². The number of thioether (sulfide) groups is 1. The average Bonchev–Trinajstić information content (AvgIpc) is 2.91. The highest BCUT2D eigenvalue weighted by atomic mass is 32.2. The topological polar surface area (TPSA) is 20.2 Å². The van der Waals surface area contributed by atoms with Crippen molar-refractivity contribution in [1.29, 1.82) is 0 Å². The molecule has 2 heteroatoms. The molecule has 0 spiro atoms. The van der Waals surface area contributed by atoms with E-state index in [2.05, 4.69) is 35.7 Å². The van der Waals surface area contributed by atoms with Gasteiger partial charge in [0.2, 0.25) is 0 Å². The Labute approximate surface area is 114 Å². The number of aliphatic hydroxyl groups excluding tert-OH is 1. The smallest absolute Gasteiger partial charge is 0.104 e. The summed E-state index contributed by atoms with van der Waals surface area (Å²) < 4.78 is 0. The van der Waals surface area contributed by atoms with E-state index in [1.54, 1.807) is 0 Å². The molecule has 1 aromatic rings. The second kappa shape index (κ2) is 7.51. The van der Waals surface area contributed by atoms with Gasteiger partial charge in [-0.15, -0.1) is 0 Å². The van der Waals surface area contributed by atoms with E-state index in [9.17, 15) is 0 Å². The molecule has 1 nitrogen and oxygen atoms in total. The molecule has 0 amide bonds. The van der Waals surface area contributed by atoms with E-state index in [0.717, 1.165) is 17.2 Å². The Bertz CT molecular complexity index is 407. The molecule has 0 bridgehead atoms. The largest absolute Gasteiger partial charge is 0.384 e. The highest BCUT2D eigenvalue weighted by Crippen LogP contribution is 2.28. The third-order valence-corrected chi connectivity index (χ3v) is 4.61. The highest BCUT2D eigenvalue weighted by molar-refractivity contribution is 7.98. The Kier molecular flexibility index (Phi) is 5.64. The fraction of sp³-hybridized carbons (Fsp3) is 0.500. The Morgan fingerprint density at radius 3 is 2.56 bits per heavy atom. The van der Waals surface area contributed by atoms with Crippen molar-refractivity contribution in [2.45, 2.75) is 31.4 Å². The molecule has 0 unspecified atom stereocenters. The lowest BCUT2D eigenvalue weighted by molar-refractivity contribution is 0.350. The van der Waals surface area contributed by atoms with Crippen molar-refractivity contribution in [2.75, 3.05) is 12.4 Å². The zero-order valence-corrected chi connectivity index (χ0v) is 11.5. The molecule has 1 fully saturated rings. The molecule has 1 aromatic carbocycles. The highest BCUT2D eigenvalue weighted by Gasteiger charge is 2.14. The van der Waals surface area contributed by atoms with E-state index in [4.69, 9.17) is 5.11 Å². The average molecular weight is 260 g/mol. The van der Waals surface area contributed by atoms with Crippen LogP contribution in [0.15, 0.2) is 24.3 Å². The SMILES string of the molecule is OCC#Cc1ccc(CSCC2CCCC2)cc1. The minimum Gasteiger partial charge on any atom is -0.384 e. The fourth-order valence-corrected chi connectivity index (χ4v) is 3.56. The summed E-state index contributed by atoms with van der Waals surface area (Å²) in [7, 11) is 0. The maximum absolute atomic E-state index is 8.63. The third-order valence-electron chi connectivity index (χ3n) is 3.36. The van der Waals surface area contributed by atoms with Gasteiger partial charge in [0.25, 0.3) is 0 Å². The minimum absolute atomic E-state index is 0.0704. The standard InChI is InChI=1S/C16H20OS/c17-11-3-6-14-7-9-16(10-8-14)13-18-12-15-4-1-2-5-15/h7-10,15,17H,1-2,4-5,11-13H2. The van der Waals surface area contributed by atoms with Gasteiger partial charge in [-0.1, -0.05) is 36.8 Å². The van der Waals surface area contributed by atoms with Crippen molar-refractivity contribution < 1.29 is 5.11 Å². The molecule has 0 heterocycles. The first-order valence-corrected chi connectivity index (χ1v) is 7.80. The maximum atomic E-state index is 8.63. The summed E-state index contributed by atoms with van der Waals surface area (Å²) in [6.45, 7) is -0.0704. The summed E-state index contributed by atoms with van der Waals surface area (Å²) in [6.07, 6.45) is 5.73. The third kappa shape index (κ3) is 4.40. The van der Waals surface area contributed by atoms with Crippen molar-refractivity contribution in [2.24, 2.45) is 5.92 Å². The molecular weight excluding hydrogens is 240 g/mol. The van der Waals surface area contributed by atoms with Crippen molar-refractivity contribution in [3.8, 4) is 11.8 Å². The van der Waals surface area contributed by atoms with E-state index in [0.29, 0.717) is 0 Å². The van der Waals surface area contributed by atoms with E-state index in [1.165, 1.54) is 37.0 Å². The summed E-state index contributed by atoms with van der Waals surface area (Å²) in [6, 6.07) is 8.36. The van der Waals surface area contributed by atoms with Gasteiger partial charge in [-0.3, -0.25) is 0 Å². The van der Waals surface area contributed by atoms with Gasteiger partial charge in [0, 0.05) is 11.3 Å². The lowest BCUT2D eigenvalue weighted by atomic mass is 10.1. The van der Waals surface area contributed by atoms with Crippen LogP contribution in [-0.2, 0) is 5.75 Å². The predicted octanol–water partition coefficient (Wildman–Crippen LogP) is 3.45. The maximum Gasteiger partial charge on any atom is 0.104 e. The number of aliphatic hydroxyl groups is 1. The molecule has 1 saturated carbocycles. The van der Waals surface area contributed by atoms with Gasteiger partial charge in [-0.2, -0.15) is 11.8 Å². The van der Waals surface area contributed by atoms with Gasteiger partial charge in [0.05, 0.1) is 0 Å². The van der Waals surface area contributed by atoms with E-state index >= 15 is 0 Å². The zero-order chi connectivity index (χ0) is 12.6. The number of hydrogen-bond donors (Lipinski definition) is 1. The summed E-state index contributed by atoms with van der Waals surface area (Å²) in [5.74, 6) is 8.96. The second-order valence-corrected chi connectivity index (χ2v) is 5.85. The normalized spacial score (nSPS) is 15.4. The van der Waals surface area contributed by atoms with Crippen LogP contribution in [0.2, 0.25) is 0 Å². The van der Waals surface area contributed by atoms with Crippen molar-refractivity contribution in [3.63, 3.8) is 0 Å². The molecule has 1 aliphatic rings. The van der Waals surface area contributed by atoms with Crippen LogP contribution in [0.1, 0.15) is 36.8 Å². The van der Waals surface area contributed by atoms with Crippen molar-refractivity contribution in [3.05, 3.63) is 35.4 Å². The van der Waals surface area contributed by atoms with E-state index in [1.807, 2.05) is 12.1 Å². The fourth-order valence-electron chi connectivity index (χ4n) is 2.35. The van der Waals surface area contributed by atoms with Crippen LogP contribution >= 0.6 is 11.8 Å². The van der Waals surface area contributed by atoms with Gasteiger partial charge >= 0.3 is 0 Å². The van der Waals surface area contributed by atoms with Gasteiger partial charge < -0.3 is 5.11 Å². The molecule has 0 aliphatic heterocycles. The lowest BCUT2D eigenvalue weighted by Crippen LogP contribution is -1.96. The summed E-state index contributed by atoms with van der Waals surface area (Å²) >= 11 is 2.05. The van der Waals surface area contributed by atoms with Gasteiger partial charge in [0.1, 0.15) is 6.61 Å². The van der Waals surface area contributed by atoms with Gasteiger partial charge in [-0.05, 0) is 42.2 Å². The Hall–Kier alpha value is -0.910. The summed E-state index contributed by atoms with van der Waals surface area (Å²) in [5, 5.41) is 8.63. The van der Waals surface area contributed by atoms with Crippen LogP contribution < -0.4 is 0 Å². The van der Waals surface area contributed by atoms with E-state index < -0.39 is 0 Å². The first-order valence-electron chi connectivity index (χ1n) is 6.65. The first-order chi connectivity index (χ1) is 8.88. The molecule has 0 aromatic heterocycles. The Morgan fingerprint density at radius 1 is 1.17 bits per heavy atom. The van der Waals surface area contributed by atoms with Crippen LogP contribution in [-0.4, -0.2) is 17.5 Å². The zero-order valence-electron chi connectivity index (χ0n) is 10.7. The number of hydrogen-bond acceptors (Lipinski definition) is 2. The predicted molar refractivity (Wildman–Crippen MR) is 78.5 cm³/mol. The minimum atomic E-state index is -0.0704. The van der Waals surface area contributed by atoms with Crippen LogP contribution in [0, 0.1) is 17.8 Å². The quantitative estimate of drug-likeness (QED) is 0.837. The molecule has 0 atom stereocenters. The van der Waals surface area contributed by atoms with Crippen molar-refractivity contribution >= 4 is 11.8 Å². The molecule has 0 saturated heterocycles. The van der Waals surface area contributed by atoms with Crippen LogP contribution in [0.25, 0.3) is 0 Å². The monoisotopic (exact) mass is 260 g/mol. The molecule has 1 N–H and O–H groups in total. The summed E-state index contributed by atoms with van der Waals surface area (Å²) in [4.78, 5) is 0. The van der Waals surface area contributed by atoms with Crippen LogP contribution in [0.3, 0.4) is 0 Å². The van der Waals surface area contributed by atoms with Crippen molar-refractivity contribution in [1.82, 2.24) is 0 Å². The molecule has 96 valence electrons. The lowest BCUT2D eigenvalue weighted by Gasteiger charge is -2.08. The van der Waals surface area contributed by atoms with Crippen LogP contribution in [0.5, 0.6) is 0 Å². The Morgan fingerprint density at radius 2 is 1.89 bits per heavy atom. The first kappa shape index (κ1) is 13.5. The van der Waals surface area contributed by atoms with Gasteiger partial charge in [-0.25, -0.2) is 0 Å². The second-order valence-electron chi connectivity index (χ2n) is 4.82. The molecule has 0 radical (unpaired) electrons. The van der Waals surface area contributed by atoms with Gasteiger partial charge in [0.15, 0.2) is 0 Å². The Balaban J connectivity index is 1.75. The molecular formula is C16H20OS. The molecule has 2 rings (SSSR count). The summed E-state index contributed by atoms with van der Waals surface area (Å²) in [5.41, 5.74) is 2.35. The molecule has 1 aliphatic carbocycles.